The molecule has 0 aliphatic carbocycles. The van der Waals surface area contributed by atoms with Crippen molar-refractivity contribution < 1.29 is 0 Å². The Hall–Kier alpha value is -2.89. The summed E-state index contributed by atoms with van der Waals surface area (Å²) in [6.45, 7) is 4.97. The van der Waals surface area contributed by atoms with Crippen molar-refractivity contribution in [2.45, 2.75) is 17.9 Å². The molecule has 1 aliphatic rings. The van der Waals surface area contributed by atoms with Crippen LogP contribution in [-0.2, 0) is 0 Å². The van der Waals surface area contributed by atoms with Gasteiger partial charge in [-0.05, 0) is 36.6 Å². The van der Waals surface area contributed by atoms with Crippen LogP contribution in [-0.4, -0.2) is 34.9 Å². The van der Waals surface area contributed by atoms with E-state index in [1.54, 1.807) is 0 Å². The van der Waals surface area contributed by atoms with Crippen LogP contribution in [0, 0.1) is 0 Å². The molecule has 0 amide bonds. The zero-order valence-corrected chi connectivity index (χ0v) is 18.1. The van der Waals surface area contributed by atoms with Gasteiger partial charge in [0.05, 0.1) is 0 Å². The summed E-state index contributed by atoms with van der Waals surface area (Å²) < 4.78 is 2.44. The molecule has 0 unspecified atom stereocenters. The topological polar surface area (TPSA) is 58.5 Å². The van der Waals surface area contributed by atoms with Crippen LogP contribution in [0.4, 0.5) is 0 Å². The van der Waals surface area contributed by atoms with E-state index in [1.165, 1.54) is 4.90 Å². The zero-order chi connectivity index (χ0) is 20.9. The molecule has 30 heavy (non-hydrogen) atoms. The molecule has 1 fully saturated rings. The molecule has 4 rings (SSSR count). The predicted octanol–water partition coefficient (Wildman–Crippen LogP) is 2.54. The first-order valence-corrected chi connectivity index (χ1v) is 11.1. The Bertz CT molecular complexity index is 1100. The summed E-state index contributed by atoms with van der Waals surface area (Å²) in [6.07, 6.45) is 0. The van der Waals surface area contributed by atoms with Crippen molar-refractivity contribution in [1.29, 1.82) is 0 Å². The second kappa shape index (κ2) is 9.28. The number of rotatable bonds is 4. The highest BCUT2D eigenvalue weighted by Gasteiger charge is 2.25. The van der Waals surface area contributed by atoms with Gasteiger partial charge < -0.3 is 16.4 Å². The molecule has 0 aromatic heterocycles. The van der Waals surface area contributed by atoms with Gasteiger partial charge in [0.25, 0.3) is 0 Å². The lowest BCUT2D eigenvalue weighted by Crippen LogP contribution is -2.51. The van der Waals surface area contributed by atoms with Gasteiger partial charge in [-0.2, -0.15) is 0 Å². The third-order valence-electron chi connectivity index (χ3n) is 5.45. The minimum absolute atomic E-state index is 0.380. The highest BCUT2D eigenvalue weighted by Crippen LogP contribution is 2.27. The van der Waals surface area contributed by atoms with Gasteiger partial charge >= 0.3 is 0 Å². The molecule has 0 spiro atoms. The largest absolute Gasteiger partial charge is 0.398 e. The van der Waals surface area contributed by atoms with Crippen molar-refractivity contribution in [1.82, 2.24) is 9.21 Å². The number of hydrogen-bond acceptors (Lipinski definition) is 5. The molecule has 4 nitrogen and oxygen atoms in total. The maximum Gasteiger partial charge on any atom is 0.107 e. The Morgan fingerprint density at radius 2 is 1.40 bits per heavy atom. The second-order valence-electron chi connectivity index (χ2n) is 7.55. The lowest BCUT2D eigenvalue weighted by Gasteiger charge is -2.40. The van der Waals surface area contributed by atoms with Gasteiger partial charge in [-0.3, -0.25) is 0 Å². The lowest BCUT2D eigenvalue weighted by molar-refractivity contribution is 0.207. The molecule has 3 aromatic rings. The maximum atomic E-state index is 6.70. The molecule has 1 atom stereocenters. The van der Waals surface area contributed by atoms with Crippen LogP contribution >= 0.6 is 11.9 Å². The molecule has 0 radical (unpaired) electrons. The Labute approximate surface area is 182 Å². The van der Waals surface area contributed by atoms with E-state index in [9.17, 15) is 0 Å². The first kappa shape index (κ1) is 20.4. The predicted molar refractivity (Wildman–Crippen MR) is 126 cm³/mol. The molecule has 1 aliphatic heterocycles. The van der Waals surface area contributed by atoms with E-state index in [4.69, 9.17) is 11.5 Å². The van der Waals surface area contributed by atoms with E-state index in [0.717, 1.165) is 47.2 Å². The van der Waals surface area contributed by atoms with Crippen LogP contribution in [0.15, 0.2) is 89.8 Å². The molecular weight excluding hydrogens is 388 g/mol. The number of piperazine rings is 1. The van der Waals surface area contributed by atoms with Crippen LogP contribution in [0.5, 0.6) is 0 Å². The monoisotopic (exact) mass is 416 g/mol. The van der Waals surface area contributed by atoms with Crippen molar-refractivity contribution in [2.75, 3.05) is 19.6 Å². The van der Waals surface area contributed by atoms with Gasteiger partial charge in [0, 0.05) is 46.7 Å². The van der Waals surface area contributed by atoms with Gasteiger partial charge in [-0.25, -0.2) is 4.31 Å². The highest BCUT2D eigenvalue weighted by molar-refractivity contribution is 7.97. The Morgan fingerprint density at radius 1 is 0.800 bits per heavy atom. The third-order valence-corrected chi connectivity index (χ3v) is 6.71. The van der Waals surface area contributed by atoms with Gasteiger partial charge in [0.1, 0.15) is 5.82 Å². The fraction of sp³-hybridized carbons (Fsp3) is 0.200. The molecular formula is C25H28N4S. The summed E-state index contributed by atoms with van der Waals surface area (Å²) >= 11 is 1.82. The van der Waals surface area contributed by atoms with Crippen LogP contribution in [0.3, 0.4) is 0 Å². The molecule has 154 valence electrons. The van der Waals surface area contributed by atoms with Crippen molar-refractivity contribution in [3.05, 3.63) is 101 Å². The third kappa shape index (κ3) is 4.48. The highest BCUT2D eigenvalue weighted by atomic mass is 32.2. The number of benzene rings is 3. The van der Waals surface area contributed by atoms with Crippen LogP contribution < -0.4 is 21.9 Å². The fourth-order valence-corrected chi connectivity index (χ4v) is 4.77. The quantitative estimate of drug-likeness (QED) is 0.640. The normalized spacial score (nSPS) is 19.4. The molecule has 4 N–H and O–H groups in total. The van der Waals surface area contributed by atoms with Crippen molar-refractivity contribution in [3.63, 3.8) is 0 Å². The smallest absolute Gasteiger partial charge is 0.107 e. The molecule has 1 heterocycles. The summed E-state index contributed by atoms with van der Waals surface area (Å²) in [5.74, 6) is 0.792. The van der Waals surface area contributed by atoms with E-state index >= 15 is 0 Å². The summed E-state index contributed by atoms with van der Waals surface area (Å²) in [5.41, 5.74) is 15.0. The first-order chi connectivity index (χ1) is 14.6. The average Bonchev–Trinajstić information content (AvgIpc) is 2.81. The van der Waals surface area contributed by atoms with Crippen LogP contribution in [0.1, 0.15) is 12.5 Å². The van der Waals surface area contributed by atoms with Gasteiger partial charge in [0.15, 0.2) is 0 Å². The number of nitrogens with zero attached hydrogens (tertiary/aromatic N) is 2. The SMILES string of the molecule is C[C@H]1CN(/C(N)=c2\cccc\c2=C(\N)c2ccccc2)CCN1Sc1ccccc1. The van der Waals surface area contributed by atoms with E-state index in [-0.39, 0.29) is 0 Å². The van der Waals surface area contributed by atoms with Crippen molar-refractivity contribution >= 4 is 23.5 Å². The minimum atomic E-state index is 0.380. The van der Waals surface area contributed by atoms with Crippen LogP contribution in [0.25, 0.3) is 11.5 Å². The van der Waals surface area contributed by atoms with E-state index < -0.39 is 0 Å². The molecule has 0 bridgehead atoms. The molecule has 3 aromatic carbocycles. The minimum Gasteiger partial charge on any atom is -0.398 e. The van der Waals surface area contributed by atoms with E-state index in [1.807, 2.05) is 54.4 Å². The standard InChI is InChI=1S/C25H28N4S/c1-19-18-28(16-17-29(19)30-21-12-6-3-7-13-21)25(27)23-15-9-8-14-22(23)24(26)20-10-4-2-5-11-20/h2-15,19H,16-18,26-27H2,1H3/b24-22-,25-23+/t19-/m0/s1. The van der Waals surface area contributed by atoms with Gasteiger partial charge in [-0.15, -0.1) is 0 Å². The van der Waals surface area contributed by atoms with E-state index in [2.05, 4.69) is 58.6 Å². The summed E-state index contributed by atoms with van der Waals surface area (Å²) in [6, 6.07) is 29.1. The zero-order valence-electron chi connectivity index (χ0n) is 17.2. The molecule has 5 heteroatoms. The summed E-state index contributed by atoms with van der Waals surface area (Å²) in [4.78, 5) is 3.55. The first-order valence-electron chi connectivity index (χ1n) is 10.3. The fourth-order valence-electron chi connectivity index (χ4n) is 3.80. The second-order valence-corrected chi connectivity index (χ2v) is 8.67. The summed E-state index contributed by atoms with van der Waals surface area (Å²) in [7, 11) is 0. The lowest BCUT2D eigenvalue weighted by atomic mass is 10.1. The van der Waals surface area contributed by atoms with E-state index in [0.29, 0.717) is 6.04 Å². The van der Waals surface area contributed by atoms with Crippen molar-refractivity contribution in [2.24, 2.45) is 11.5 Å². The van der Waals surface area contributed by atoms with Gasteiger partial charge in [-0.1, -0.05) is 72.8 Å². The van der Waals surface area contributed by atoms with Crippen molar-refractivity contribution in [3.8, 4) is 0 Å². The number of hydrogen-bond donors (Lipinski definition) is 2. The molecule has 0 saturated carbocycles. The Kier molecular flexibility index (Phi) is 6.31. The average molecular weight is 417 g/mol. The maximum absolute atomic E-state index is 6.70. The Balaban J connectivity index is 1.62. The molecule has 1 saturated heterocycles. The van der Waals surface area contributed by atoms with Crippen LogP contribution in [0.2, 0.25) is 0 Å². The summed E-state index contributed by atoms with van der Waals surface area (Å²) in [5, 5.41) is 1.98. The number of nitrogens with two attached hydrogens (primary N) is 2. The van der Waals surface area contributed by atoms with Gasteiger partial charge in [0.2, 0.25) is 0 Å². The Morgan fingerprint density at radius 3 is 2.07 bits per heavy atom.